The third kappa shape index (κ3) is 4.69. The smallest absolute Gasteiger partial charge is 0.141 e. The fourth-order valence-corrected chi connectivity index (χ4v) is 10.5. The minimum Gasteiger partial charge on any atom is -0.456 e. The first-order chi connectivity index (χ1) is 25.3. The Morgan fingerprint density at radius 3 is 1.80 bits per heavy atom. The standard InChI is InChI=1S/C45H31N3OS2/c1-2-11-26(12-3-1)43-46-44(48-45(47-43)35-20-10-18-33-30-14-5-7-22-39(30)51-42(33)35)34-19-9-16-31-36-25-27(23-24-37(36)49-40(31)34)28-15-8-17-32-29-13-4-6-21-38(29)50-41(28)32/h1-25,43-48H. The first kappa shape index (κ1) is 29.4. The number of fused-ring (bicyclic) bond motifs is 9. The van der Waals surface area contributed by atoms with Crippen LogP contribution in [0.4, 0.5) is 0 Å². The van der Waals surface area contributed by atoms with Crippen molar-refractivity contribution in [2.75, 3.05) is 0 Å². The Hall–Kier alpha value is -5.34. The summed E-state index contributed by atoms with van der Waals surface area (Å²) in [6.07, 6.45) is -0.367. The molecule has 10 aromatic rings. The Morgan fingerprint density at radius 2 is 1.02 bits per heavy atom. The molecule has 4 heterocycles. The number of rotatable bonds is 4. The third-order valence-corrected chi connectivity index (χ3v) is 12.9. The van der Waals surface area contributed by atoms with E-state index < -0.39 is 0 Å². The van der Waals surface area contributed by atoms with E-state index in [9.17, 15) is 0 Å². The maximum absolute atomic E-state index is 6.76. The van der Waals surface area contributed by atoms with Crippen LogP contribution in [-0.4, -0.2) is 0 Å². The fraction of sp³-hybridized carbons (Fsp3) is 0.0667. The molecule has 51 heavy (non-hydrogen) atoms. The SMILES string of the molecule is c1ccc(C2NC(c3cccc4c3oc3ccc(-c5cccc6c5sc5ccccc56)cc34)NC(c3cccc4c3sc3ccccc34)N2)cc1. The Kier molecular flexibility index (Phi) is 6.69. The van der Waals surface area contributed by atoms with Crippen LogP contribution in [0, 0.1) is 0 Å². The first-order valence-corrected chi connectivity index (χ1v) is 19.0. The van der Waals surface area contributed by atoms with Gasteiger partial charge in [0.1, 0.15) is 11.2 Å². The molecule has 3 atom stereocenters. The lowest BCUT2D eigenvalue weighted by Crippen LogP contribution is -2.54. The van der Waals surface area contributed by atoms with Crippen LogP contribution in [0.3, 0.4) is 0 Å². The van der Waals surface area contributed by atoms with E-state index >= 15 is 0 Å². The number of thiophene rings is 2. The van der Waals surface area contributed by atoms with Gasteiger partial charge in [-0.2, -0.15) is 0 Å². The second kappa shape index (κ2) is 11.6. The summed E-state index contributed by atoms with van der Waals surface area (Å²) in [5.41, 5.74) is 7.78. The Labute approximate surface area is 302 Å². The van der Waals surface area contributed by atoms with Crippen LogP contribution in [0.5, 0.6) is 0 Å². The van der Waals surface area contributed by atoms with Crippen molar-refractivity contribution in [1.29, 1.82) is 0 Å². The van der Waals surface area contributed by atoms with Crippen molar-refractivity contribution in [2.45, 2.75) is 18.5 Å². The molecule has 0 radical (unpaired) electrons. The lowest BCUT2D eigenvalue weighted by Gasteiger charge is -2.39. The van der Waals surface area contributed by atoms with Crippen LogP contribution in [0.25, 0.3) is 73.4 Å². The molecule has 0 bridgehead atoms. The molecule has 7 aromatic carbocycles. The Balaban J connectivity index is 1.04. The summed E-state index contributed by atoms with van der Waals surface area (Å²) >= 11 is 3.73. The van der Waals surface area contributed by atoms with Crippen molar-refractivity contribution in [2.24, 2.45) is 0 Å². The number of hydrogen-bond acceptors (Lipinski definition) is 6. The van der Waals surface area contributed by atoms with E-state index in [0.717, 1.165) is 27.5 Å². The molecule has 4 nitrogen and oxygen atoms in total. The van der Waals surface area contributed by atoms with Crippen LogP contribution in [0.1, 0.15) is 35.2 Å². The average molecular weight is 694 g/mol. The van der Waals surface area contributed by atoms with Gasteiger partial charge < -0.3 is 4.42 Å². The zero-order valence-electron chi connectivity index (χ0n) is 27.4. The molecule has 3 N–H and O–H groups in total. The highest BCUT2D eigenvalue weighted by molar-refractivity contribution is 7.26. The molecule has 11 rings (SSSR count). The van der Waals surface area contributed by atoms with Gasteiger partial charge in [0.2, 0.25) is 0 Å². The molecule has 244 valence electrons. The Bertz CT molecular complexity index is 2940. The van der Waals surface area contributed by atoms with Crippen molar-refractivity contribution < 1.29 is 4.42 Å². The molecule has 0 aliphatic carbocycles. The summed E-state index contributed by atoms with van der Waals surface area (Å²) in [4.78, 5) is 0. The molecular weight excluding hydrogens is 663 g/mol. The topological polar surface area (TPSA) is 49.2 Å². The highest BCUT2D eigenvalue weighted by Gasteiger charge is 2.32. The van der Waals surface area contributed by atoms with E-state index in [-0.39, 0.29) is 18.5 Å². The number of furan rings is 1. The van der Waals surface area contributed by atoms with E-state index in [4.69, 9.17) is 4.42 Å². The van der Waals surface area contributed by atoms with Gasteiger partial charge in [-0.05, 0) is 41.0 Å². The molecule has 0 saturated carbocycles. The summed E-state index contributed by atoms with van der Waals surface area (Å²) in [6, 6.07) is 54.6. The van der Waals surface area contributed by atoms with Crippen molar-refractivity contribution >= 4 is 85.0 Å². The maximum atomic E-state index is 6.76. The number of benzene rings is 7. The van der Waals surface area contributed by atoms with E-state index in [1.807, 2.05) is 22.7 Å². The predicted octanol–water partition coefficient (Wildman–Crippen LogP) is 12.2. The normalized spacial score (nSPS) is 18.2. The monoisotopic (exact) mass is 693 g/mol. The van der Waals surface area contributed by atoms with Gasteiger partial charge in [0.05, 0.1) is 18.5 Å². The van der Waals surface area contributed by atoms with Crippen LogP contribution in [0.15, 0.2) is 156 Å². The van der Waals surface area contributed by atoms with Gasteiger partial charge >= 0.3 is 0 Å². The molecule has 3 unspecified atom stereocenters. The van der Waals surface area contributed by atoms with Crippen LogP contribution >= 0.6 is 22.7 Å². The average Bonchev–Trinajstić information content (AvgIpc) is 3.89. The lowest BCUT2D eigenvalue weighted by molar-refractivity contribution is 0.204. The van der Waals surface area contributed by atoms with Gasteiger partial charge in [-0.25, -0.2) is 0 Å². The van der Waals surface area contributed by atoms with Crippen LogP contribution in [0.2, 0.25) is 0 Å². The fourth-order valence-electron chi connectivity index (χ4n) is 8.03. The zero-order chi connectivity index (χ0) is 33.5. The molecular formula is C45H31N3OS2. The van der Waals surface area contributed by atoms with Crippen LogP contribution in [-0.2, 0) is 0 Å². The van der Waals surface area contributed by atoms with Gasteiger partial charge in [0.25, 0.3) is 0 Å². The largest absolute Gasteiger partial charge is 0.456 e. The van der Waals surface area contributed by atoms with Gasteiger partial charge in [-0.1, -0.05) is 127 Å². The van der Waals surface area contributed by atoms with Gasteiger partial charge in [-0.15, -0.1) is 22.7 Å². The maximum Gasteiger partial charge on any atom is 0.141 e. The van der Waals surface area contributed by atoms with Gasteiger partial charge in [0, 0.05) is 62.2 Å². The summed E-state index contributed by atoms with van der Waals surface area (Å²) in [6.45, 7) is 0. The summed E-state index contributed by atoms with van der Waals surface area (Å²) in [5, 5.41) is 19.2. The second-order valence-electron chi connectivity index (χ2n) is 13.3. The zero-order valence-corrected chi connectivity index (χ0v) is 29.0. The highest BCUT2D eigenvalue weighted by Crippen LogP contribution is 2.43. The number of para-hydroxylation sites is 1. The van der Waals surface area contributed by atoms with Crippen molar-refractivity contribution in [3.63, 3.8) is 0 Å². The third-order valence-electron chi connectivity index (χ3n) is 10.4. The summed E-state index contributed by atoms with van der Waals surface area (Å²) in [5.74, 6) is 0. The molecule has 0 amide bonds. The molecule has 1 saturated heterocycles. The first-order valence-electron chi connectivity index (χ1n) is 17.4. The minimum atomic E-state index is -0.179. The molecule has 1 aliphatic heterocycles. The summed E-state index contributed by atoms with van der Waals surface area (Å²) in [7, 11) is 0. The quantitative estimate of drug-likeness (QED) is 0.172. The number of hydrogen-bond donors (Lipinski definition) is 3. The van der Waals surface area contributed by atoms with Gasteiger partial charge in [-0.3, -0.25) is 16.0 Å². The molecule has 1 aliphatic rings. The number of nitrogens with one attached hydrogen (secondary N) is 3. The van der Waals surface area contributed by atoms with Crippen LogP contribution < -0.4 is 16.0 Å². The molecule has 1 fully saturated rings. The van der Waals surface area contributed by atoms with E-state index in [1.165, 1.54) is 62.6 Å². The van der Waals surface area contributed by atoms with E-state index in [0.29, 0.717) is 0 Å². The minimum absolute atomic E-state index is 0.0832. The Morgan fingerprint density at radius 1 is 0.431 bits per heavy atom. The highest BCUT2D eigenvalue weighted by atomic mass is 32.1. The molecule has 0 spiro atoms. The molecule has 6 heteroatoms. The second-order valence-corrected chi connectivity index (χ2v) is 15.5. The van der Waals surface area contributed by atoms with Crippen molar-refractivity contribution in [1.82, 2.24) is 16.0 Å². The van der Waals surface area contributed by atoms with E-state index in [2.05, 4.69) is 168 Å². The predicted molar refractivity (Wildman–Crippen MR) is 215 cm³/mol. The lowest BCUT2D eigenvalue weighted by atomic mass is 9.99. The van der Waals surface area contributed by atoms with Crippen molar-refractivity contribution in [3.05, 3.63) is 168 Å². The van der Waals surface area contributed by atoms with Gasteiger partial charge in [0.15, 0.2) is 0 Å². The molecule has 3 aromatic heterocycles. The summed E-state index contributed by atoms with van der Waals surface area (Å²) < 4.78 is 12.0. The van der Waals surface area contributed by atoms with Crippen molar-refractivity contribution in [3.8, 4) is 11.1 Å². The van der Waals surface area contributed by atoms with E-state index in [1.54, 1.807) is 0 Å².